The third-order valence-electron chi connectivity index (χ3n) is 2.93. The van der Waals surface area contributed by atoms with Crippen molar-refractivity contribution in [2.75, 3.05) is 6.54 Å². The molecule has 2 heterocycles. The number of rotatable bonds is 3. The van der Waals surface area contributed by atoms with E-state index in [1.807, 2.05) is 21.7 Å². The molecular formula is C12H15NO2S. The van der Waals surface area contributed by atoms with Crippen LogP contribution >= 0.6 is 11.3 Å². The van der Waals surface area contributed by atoms with Gasteiger partial charge >= 0.3 is 0 Å². The molecule has 1 unspecified atom stereocenters. The summed E-state index contributed by atoms with van der Waals surface area (Å²) in [5, 5.41) is 3.77. The van der Waals surface area contributed by atoms with Crippen molar-refractivity contribution in [2.24, 2.45) is 0 Å². The lowest BCUT2D eigenvalue weighted by Crippen LogP contribution is -2.36. The van der Waals surface area contributed by atoms with Gasteiger partial charge in [-0.1, -0.05) is 0 Å². The summed E-state index contributed by atoms with van der Waals surface area (Å²) in [4.78, 5) is 25.1. The number of thiophene rings is 1. The SMILES string of the molecule is CC(=O)CC1CCCN1C(=O)c1ccsc1. The average molecular weight is 237 g/mol. The second-order valence-corrected chi connectivity index (χ2v) is 4.99. The van der Waals surface area contributed by atoms with Crippen molar-refractivity contribution in [1.82, 2.24) is 4.90 Å². The molecule has 4 heteroatoms. The summed E-state index contributed by atoms with van der Waals surface area (Å²) in [6.07, 6.45) is 2.46. The van der Waals surface area contributed by atoms with Crippen molar-refractivity contribution in [3.8, 4) is 0 Å². The Labute approximate surface area is 99.1 Å². The molecule has 0 saturated carbocycles. The van der Waals surface area contributed by atoms with Crippen LogP contribution in [-0.4, -0.2) is 29.2 Å². The van der Waals surface area contributed by atoms with Crippen molar-refractivity contribution < 1.29 is 9.59 Å². The Morgan fingerprint density at radius 1 is 1.56 bits per heavy atom. The van der Waals surface area contributed by atoms with Crippen LogP contribution in [0.1, 0.15) is 36.5 Å². The largest absolute Gasteiger partial charge is 0.335 e. The lowest BCUT2D eigenvalue weighted by Gasteiger charge is -2.23. The second kappa shape index (κ2) is 4.78. The molecule has 1 saturated heterocycles. The van der Waals surface area contributed by atoms with Crippen molar-refractivity contribution >= 4 is 23.0 Å². The van der Waals surface area contributed by atoms with Crippen LogP contribution in [0, 0.1) is 0 Å². The quantitative estimate of drug-likeness (QED) is 0.809. The lowest BCUT2D eigenvalue weighted by molar-refractivity contribution is -0.117. The number of nitrogens with zero attached hydrogens (tertiary/aromatic N) is 1. The first-order chi connectivity index (χ1) is 7.68. The van der Waals surface area contributed by atoms with Crippen molar-refractivity contribution in [3.63, 3.8) is 0 Å². The van der Waals surface area contributed by atoms with Gasteiger partial charge in [0.25, 0.3) is 5.91 Å². The molecule has 0 bridgehead atoms. The zero-order chi connectivity index (χ0) is 11.5. The molecule has 0 spiro atoms. The summed E-state index contributed by atoms with van der Waals surface area (Å²) in [5.41, 5.74) is 0.750. The fourth-order valence-corrected chi connectivity index (χ4v) is 2.83. The van der Waals surface area contributed by atoms with E-state index in [1.54, 1.807) is 6.92 Å². The van der Waals surface area contributed by atoms with Crippen molar-refractivity contribution in [1.29, 1.82) is 0 Å². The molecule has 2 rings (SSSR count). The number of Topliss-reactive ketones (excluding diaryl/α,β-unsaturated/α-hetero) is 1. The normalized spacial score (nSPS) is 20.1. The molecule has 16 heavy (non-hydrogen) atoms. The number of hydrogen-bond acceptors (Lipinski definition) is 3. The Morgan fingerprint density at radius 3 is 3.00 bits per heavy atom. The van der Waals surface area contributed by atoms with E-state index in [9.17, 15) is 9.59 Å². The standard InChI is InChI=1S/C12H15NO2S/c1-9(14)7-11-3-2-5-13(11)12(15)10-4-6-16-8-10/h4,6,8,11H,2-3,5,7H2,1H3. The molecule has 1 aliphatic rings. The summed E-state index contributed by atoms with van der Waals surface area (Å²) in [6, 6.07) is 1.96. The molecule has 1 amide bonds. The van der Waals surface area contributed by atoms with Crippen LogP contribution < -0.4 is 0 Å². The fraction of sp³-hybridized carbons (Fsp3) is 0.500. The van der Waals surface area contributed by atoms with Gasteiger partial charge in [0.1, 0.15) is 5.78 Å². The fourth-order valence-electron chi connectivity index (χ4n) is 2.20. The molecule has 0 radical (unpaired) electrons. The van der Waals surface area contributed by atoms with E-state index in [-0.39, 0.29) is 17.7 Å². The van der Waals surface area contributed by atoms with Crippen molar-refractivity contribution in [3.05, 3.63) is 22.4 Å². The zero-order valence-corrected chi connectivity index (χ0v) is 10.1. The van der Waals surface area contributed by atoms with Gasteiger partial charge in [-0.2, -0.15) is 11.3 Å². The molecule has 1 fully saturated rings. The third-order valence-corrected chi connectivity index (χ3v) is 3.61. The predicted molar refractivity (Wildman–Crippen MR) is 63.7 cm³/mol. The van der Waals surface area contributed by atoms with E-state index < -0.39 is 0 Å². The Bertz CT molecular complexity index is 386. The van der Waals surface area contributed by atoms with Gasteiger partial charge in [0.2, 0.25) is 0 Å². The van der Waals surface area contributed by atoms with E-state index in [0.29, 0.717) is 6.42 Å². The highest BCUT2D eigenvalue weighted by molar-refractivity contribution is 7.08. The predicted octanol–water partition coefficient (Wildman–Crippen LogP) is 2.33. The Hall–Kier alpha value is -1.16. The van der Waals surface area contributed by atoms with Crippen LogP contribution in [-0.2, 0) is 4.79 Å². The molecule has 86 valence electrons. The van der Waals surface area contributed by atoms with E-state index in [4.69, 9.17) is 0 Å². The number of amides is 1. The first kappa shape index (κ1) is 11.3. The Kier molecular flexibility index (Phi) is 3.39. The Balaban J connectivity index is 2.08. The first-order valence-corrected chi connectivity index (χ1v) is 6.45. The molecule has 1 aliphatic heterocycles. The minimum atomic E-state index is 0.0741. The average Bonchev–Trinajstić information content (AvgIpc) is 2.84. The van der Waals surface area contributed by atoms with Crippen LogP contribution in [0.2, 0.25) is 0 Å². The number of likely N-dealkylation sites (tertiary alicyclic amines) is 1. The van der Waals surface area contributed by atoms with Crippen LogP contribution in [0.5, 0.6) is 0 Å². The van der Waals surface area contributed by atoms with Gasteiger partial charge in [-0.05, 0) is 31.2 Å². The zero-order valence-electron chi connectivity index (χ0n) is 9.31. The van der Waals surface area contributed by atoms with Gasteiger partial charge in [-0.25, -0.2) is 0 Å². The number of hydrogen-bond donors (Lipinski definition) is 0. The summed E-state index contributed by atoms with van der Waals surface area (Å²) < 4.78 is 0. The van der Waals surface area contributed by atoms with Crippen LogP contribution in [0.3, 0.4) is 0 Å². The van der Waals surface area contributed by atoms with Gasteiger partial charge in [0.15, 0.2) is 0 Å². The monoisotopic (exact) mass is 237 g/mol. The molecule has 3 nitrogen and oxygen atoms in total. The van der Waals surface area contributed by atoms with E-state index in [1.165, 1.54) is 11.3 Å². The summed E-state index contributed by atoms with van der Waals surface area (Å²) in [6.45, 7) is 2.37. The van der Waals surface area contributed by atoms with E-state index >= 15 is 0 Å². The molecule has 1 atom stereocenters. The summed E-state index contributed by atoms with van der Waals surface area (Å²) in [7, 11) is 0. The molecular weight excluding hydrogens is 222 g/mol. The van der Waals surface area contributed by atoms with Gasteiger partial charge in [0, 0.05) is 24.4 Å². The lowest BCUT2D eigenvalue weighted by atomic mass is 10.1. The molecule has 1 aromatic heterocycles. The maximum Gasteiger partial charge on any atom is 0.254 e. The second-order valence-electron chi connectivity index (χ2n) is 4.21. The molecule has 1 aromatic rings. The number of carbonyl (C=O) groups excluding carboxylic acids is 2. The van der Waals surface area contributed by atoms with Gasteiger partial charge in [-0.15, -0.1) is 0 Å². The molecule has 0 N–H and O–H groups in total. The minimum Gasteiger partial charge on any atom is -0.335 e. The first-order valence-electron chi connectivity index (χ1n) is 5.51. The maximum absolute atomic E-state index is 12.1. The highest BCUT2D eigenvalue weighted by Crippen LogP contribution is 2.23. The summed E-state index contributed by atoms with van der Waals surface area (Å²) in [5.74, 6) is 0.236. The van der Waals surface area contributed by atoms with Crippen LogP contribution in [0.4, 0.5) is 0 Å². The third kappa shape index (κ3) is 2.32. The van der Waals surface area contributed by atoms with Crippen molar-refractivity contribution in [2.45, 2.75) is 32.2 Å². The molecule has 0 aliphatic carbocycles. The highest BCUT2D eigenvalue weighted by atomic mass is 32.1. The van der Waals surface area contributed by atoms with E-state index in [2.05, 4.69) is 0 Å². The van der Waals surface area contributed by atoms with Gasteiger partial charge < -0.3 is 4.90 Å². The molecule has 0 aromatic carbocycles. The highest BCUT2D eigenvalue weighted by Gasteiger charge is 2.30. The number of carbonyl (C=O) groups is 2. The summed E-state index contributed by atoms with van der Waals surface area (Å²) >= 11 is 1.53. The Morgan fingerprint density at radius 2 is 2.38 bits per heavy atom. The smallest absolute Gasteiger partial charge is 0.254 e. The van der Waals surface area contributed by atoms with Crippen LogP contribution in [0.15, 0.2) is 16.8 Å². The van der Waals surface area contributed by atoms with Gasteiger partial charge in [0.05, 0.1) is 5.56 Å². The topological polar surface area (TPSA) is 37.4 Å². The van der Waals surface area contributed by atoms with Gasteiger partial charge in [-0.3, -0.25) is 9.59 Å². The maximum atomic E-state index is 12.1. The number of ketones is 1. The minimum absolute atomic E-state index is 0.0741. The van der Waals surface area contributed by atoms with Crippen LogP contribution in [0.25, 0.3) is 0 Å². The van der Waals surface area contributed by atoms with E-state index in [0.717, 1.165) is 24.9 Å².